The summed E-state index contributed by atoms with van der Waals surface area (Å²) in [5.41, 5.74) is 2.35. The van der Waals surface area contributed by atoms with Gasteiger partial charge in [-0.3, -0.25) is 14.6 Å². The minimum atomic E-state index is -1.01. The van der Waals surface area contributed by atoms with Gasteiger partial charge in [0.2, 0.25) is 5.78 Å². The molecule has 6 heteroatoms. The summed E-state index contributed by atoms with van der Waals surface area (Å²) in [5, 5.41) is 10.3. The van der Waals surface area contributed by atoms with Gasteiger partial charge in [0.15, 0.2) is 0 Å². The number of aliphatic carboxylic acids is 1. The monoisotopic (exact) mass is 328 g/mol. The number of fused-ring (bicyclic) bond motifs is 1. The van der Waals surface area contributed by atoms with Crippen molar-refractivity contribution in [3.63, 3.8) is 0 Å². The molecule has 0 spiro atoms. The second-order valence-electron chi connectivity index (χ2n) is 5.24. The molecule has 23 heavy (non-hydrogen) atoms. The van der Waals surface area contributed by atoms with E-state index in [2.05, 4.69) is 9.97 Å². The highest BCUT2D eigenvalue weighted by Gasteiger charge is 2.22. The number of benzene rings is 1. The van der Waals surface area contributed by atoms with E-state index in [-0.39, 0.29) is 17.9 Å². The number of halogens is 1. The van der Waals surface area contributed by atoms with Gasteiger partial charge in [-0.1, -0.05) is 23.7 Å². The second kappa shape index (κ2) is 5.85. The lowest BCUT2D eigenvalue weighted by Crippen LogP contribution is -2.11. The molecule has 0 aliphatic rings. The number of nitrogens with one attached hydrogen (secondary N) is 1. The lowest BCUT2D eigenvalue weighted by atomic mass is 10.0. The number of ketones is 1. The Hall–Kier alpha value is -2.66. The zero-order valence-electron chi connectivity index (χ0n) is 12.3. The number of carbonyl (C=O) groups excluding carboxylic acids is 1. The van der Waals surface area contributed by atoms with Crippen LogP contribution in [0.5, 0.6) is 0 Å². The standard InChI is InChI=1S/C17H13ClN2O3/c1-9-3-2-6-19-15(9)17(23)16-12(8-14(21)22)11-5-4-10(18)7-13(11)20-16/h2-7,20H,8H2,1H3,(H,21,22). The molecule has 0 atom stereocenters. The summed E-state index contributed by atoms with van der Waals surface area (Å²) in [6.45, 7) is 1.79. The van der Waals surface area contributed by atoms with Gasteiger partial charge in [-0.2, -0.15) is 0 Å². The van der Waals surface area contributed by atoms with E-state index in [1.807, 2.05) is 0 Å². The van der Waals surface area contributed by atoms with Crippen LogP contribution in [0.3, 0.4) is 0 Å². The number of aryl methyl sites for hydroxylation is 1. The number of carbonyl (C=O) groups is 2. The molecule has 0 aliphatic carbocycles. The highest BCUT2D eigenvalue weighted by Crippen LogP contribution is 2.27. The first-order valence-electron chi connectivity index (χ1n) is 6.95. The first-order chi connectivity index (χ1) is 11.0. The van der Waals surface area contributed by atoms with Gasteiger partial charge >= 0.3 is 5.97 Å². The van der Waals surface area contributed by atoms with Crippen molar-refractivity contribution in [3.8, 4) is 0 Å². The molecule has 0 unspecified atom stereocenters. The molecular weight excluding hydrogens is 316 g/mol. The molecule has 3 rings (SSSR count). The molecule has 2 aromatic heterocycles. The summed E-state index contributed by atoms with van der Waals surface area (Å²) >= 11 is 5.97. The molecule has 5 nitrogen and oxygen atoms in total. The van der Waals surface area contributed by atoms with Crippen LogP contribution in [0, 0.1) is 6.92 Å². The summed E-state index contributed by atoms with van der Waals surface area (Å²) in [4.78, 5) is 31.1. The van der Waals surface area contributed by atoms with E-state index in [0.29, 0.717) is 27.2 Å². The van der Waals surface area contributed by atoms with Crippen LogP contribution in [-0.2, 0) is 11.2 Å². The van der Waals surface area contributed by atoms with Crippen molar-refractivity contribution >= 4 is 34.3 Å². The number of aromatic amines is 1. The average Bonchev–Trinajstić information content (AvgIpc) is 2.84. The lowest BCUT2D eigenvalue weighted by molar-refractivity contribution is -0.136. The number of nitrogens with zero attached hydrogens (tertiary/aromatic N) is 1. The van der Waals surface area contributed by atoms with Gasteiger partial charge < -0.3 is 10.1 Å². The van der Waals surface area contributed by atoms with E-state index >= 15 is 0 Å². The number of rotatable bonds is 4. The molecule has 3 aromatic rings. The van der Waals surface area contributed by atoms with Gasteiger partial charge in [0, 0.05) is 27.7 Å². The summed E-state index contributed by atoms with van der Waals surface area (Å²) in [5.74, 6) is -1.33. The Bertz CT molecular complexity index is 931. The summed E-state index contributed by atoms with van der Waals surface area (Å²) in [7, 11) is 0. The average molecular weight is 329 g/mol. The molecule has 2 heterocycles. The van der Waals surface area contributed by atoms with E-state index in [0.717, 1.165) is 5.56 Å². The second-order valence-corrected chi connectivity index (χ2v) is 5.67. The molecule has 0 saturated carbocycles. The third-order valence-electron chi connectivity index (χ3n) is 3.65. The van der Waals surface area contributed by atoms with Crippen LogP contribution in [0.25, 0.3) is 10.9 Å². The van der Waals surface area contributed by atoms with Crippen LogP contribution < -0.4 is 0 Å². The molecule has 2 N–H and O–H groups in total. The van der Waals surface area contributed by atoms with Gasteiger partial charge in [-0.05, 0) is 30.7 Å². The molecule has 0 bridgehead atoms. The van der Waals surface area contributed by atoms with Crippen molar-refractivity contribution in [2.45, 2.75) is 13.3 Å². The van der Waals surface area contributed by atoms with Crippen molar-refractivity contribution < 1.29 is 14.7 Å². The van der Waals surface area contributed by atoms with Gasteiger partial charge in [0.1, 0.15) is 5.69 Å². The van der Waals surface area contributed by atoms with Crippen LogP contribution in [0.4, 0.5) is 0 Å². The molecule has 0 fully saturated rings. The van der Waals surface area contributed by atoms with Gasteiger partial charge in [0.25, 0.3) is 0 Å². The van der Waals surface area contributed by atoms with Gasteiger partial charge in [-0.15, -0.1) is 0 Å². The number of carboxylic acid groups (broad SMARTS) is 1. The van der Waals surface area contributed by atoms with E-state index in [1.165, 1.54) is 6.20 Å². The predicted molar refractivity (Wildman–Crippen MR) is 87.1 cm³/mol. The Morgan fingerprint density at radius 1 is 1.30 bits per heavy atom. The van der Waals surface area contributed by atoms with E-state index < -0.39 is 5.97 Å². The largest absolute Gasteiger partial charge is 0.481 e. The zero-order chi connectivity index (χ0) is 16.6. The first kappa shape index (κ1) is 15.2. The zero-order valence-corrected chi connectivity index (χ0v) is 13.0. The Balaban J connectivity index is 2.21. The van der Waals surface area contributed by atoms with Crippen LogP contribution >= 0.6 is 11.6 Å². The van der Waals surface area contributed by atoms with Gasteiger partial charge in [-0.25, -0.2) is 0 Å². The van der Waals surface area contributed by atoms with Crippen LogP contribution in [0.1, 0.15) is 27.3 Å². The molecule has 0 amide bonds. The lowest BCUT2D eigenvalue weighted by Gasteiger charge is -2.04. The number of aromatic nitrogens is 2. The Kier molecular flexibility index (Phi) is 3.88. The number of H-pyrrole nitrogens is 1. The van der Waals surface area contributed by atoms with Crippen LogP contribution in [0.2, 0.25) is 5.02 Å². The number of hydrogen-bond acceptors (Lipinski definition) is 3. The molecule has 0 radical (unpaired) electrons. The van der Waals surface area contributed by atoms with Crippen molar-refractivity contribution in [1.29, 1.82) is 0 Å². The van der Waals surface area contributed by atoms with Crippen molar-refractivity contribution in [3.05, 3.63) is 64.1 Å². The minimum Gasteiger partial charge on any atom is -0.481 e. The predicted octanol–water partition coefficient (Wildman–Crippen LogP) is 3.38. The molecular formula is C17H13ClN2O3. The maximum atomic E-state index is 12.8. The summed E-state index contributed by atoms with van der Waals surface area (Å²) in [6, 6.07) is 8.59. The molecule has 0 aliphatic heterocycles. The Labute approximate surface area is 136 Å². The molecule has 1 aromatic carbocycles. The number of carboxylic acids is 1. The highest BCUT2D eigenvalue weighted by molar-refractivity contribution is 6.31. The van der Waals surface area contributed by atoms with E-state index in [4.69, 9.17) is 16.7 Å². The van der Waals surface area contributed by atoms with Crippen LogP contribution in [0.15, 0.2) is 36.5 Å². The number of pyridine rings is 1. The van der Waals surface area contributed by atoms with Crippen molar-refractivity contribution in [2.75, 3.05) is 0 Å². The fourth-order valence-corrected chi connectivity index (χ4v) is 2.77. The SMILES string of the molecule is Cc1cccnc1C(=O)c1[nH]c2cc(Cl)ccc2c1CC(=O)O. The first-order valence-corrected chi connectivity index (χ1v) is 7.33. The molecule has 116 valence electrons. The van der Waals surface area contributed by atoms with Crippen molar-refractivity contribution in [2.24, 2.45) is 0 Å². The number of hydrogen-bond donors (Lipinski definition) is 2. The fourth-order valence-electron chi connectivity index (χ4n) is 2.60. The van der Waals surface area contributed by atoms with Crippen molar-refractivity contribution in [1.82, 2.24) is 9.97 Å². The van der Waals surface area contributed by atoms with E-state index in [9.17, 15) is 9.59 Å². The maximum absolute atomic E-state index is 12.8. The topological polar surface area (TPSA) is 83.0 Å². The normalized spacial score (nSPS) is 10.9. The fraction of sp³-hybridized carbons (Fsp3) is 0.118. The quantitative estimate of drug-likeness (QED) is 0.719. The smallest absolute Gasteiger partial charge is 0.307 e. The highest BCUT2D eigenvalue weighted by atomic mass is 35.5. The Morgan fingerprint density at radius 3 is 2.78 bits per heavy atom. The van der Waals surface area contributed by atoms with E-state index in [1.54, 1.807) is 37.3 Å². The Morgan fingerprint density at radius 2 is 2.09 bits per heavy atom. The summed E-state index contributed by atoms with van der Waals surface area (Å²) in [6.07, 6.45) is 1.28. The summed E-state index contributed by atoms with van der Waals surface area (Å²) < 4.78 is 0. The molecule has 0 saturated heterocycles. The van der Waals surface area contributed by atoms with Crippen LogP contribution in [-0.4, -0.2) is 26.8 Å². The van der Waals surface area contributed by atoms with Gasteiger partial charge in [0.05, 0.1) is 12.1 Å². The third kappa shape index (κ3) is 2.83. The third-order valence-corrected chi connectivity index (χ3v) is 3.88. The minimum absolute atomic E-state index is 0.242. The maximum Gasteiger partial charge on any atom is 0.307 e.